The lowest BCUT2D eigenvalue weighted by Gasteiger charge is -2.44. The van der Waals surface area contributed by atoms with Crippen LogP contribution in [0.4, 0.5) is 4.39 Å². The average molecular weight is 558 g/mol. The second-order valence-electron chi connectivity index (χ2n) is 10.1. The number of carbonyl (C=O) groups is 3. The highest BCUT2D eigenvalue weighted by Crippen LogP contribution is 2.47. The highest BCUT2D eigenvalue weighted by atomic mass is 19.1. The number of nitrogens with zero attached hydrogens (tertiary/aromatic N) is 1. The standard InChI is InChI=1S/C23H24FNO2.C6H8O7/c1-2-13-27-22-10-6-3-7-17(22)16-25-18-11-12-19(25)15-23(26,14-18)20-8-4-5-9-21(20)24;7-3(8)1-6(13,5(11)12)2-4(9)10/h1,3-10,18-19,26H,11-16H2;13H,1-2H2,(H,7,8)(H,9,10)(H,11,12). The van der Waals surface area contributed by atoms with Crippen LogP contribution in [-0.2, 0) is 26.5 Å². The molecule has 10 nitrogen and oxygen atoms in total. The topological polar surface area (TPSA) is 165 Å². The third-order valence-electron chi connectivity index (χ3n) is 7.21. The highest BCUT2D eigenvalue weighted by molar-refractivity contribution is 5.88. The molecule has 214 valence electrons. The molecule has 2 heterocycles. The first-order valence-electron chi connectivity index (χ1n) is 12.6. The number of hydrogen-bond acceptors (Lipinski definition) is 7. The van der Waals surface area contributed by atoms with Crippen molar-refractivity contribution >= 4 is 17.9 Å². The first-order valence-corrected chi connectivity index (χ1v) is 12.6. The minimum atomic E-state index is -2.74. The second kappa shape index (κ2) is 12.9. The van der Waals surface area contributed by atoms with E-state index in [9.17, 15) is 23.9 Å². The van der Waals surface area contributed by atoms with Gasteiger partial charge in [0.05, 0.1) is 18.4 Å². The Morgan fingerprint density at radius 2 is 1.55 bits per heavy atom. The van der Waals surface area contributed by atoms with Crippen LogP contribution in [0.1, 0.15) is 49.7 Å². The van der Waals surface area contributed by atoms with Gasteiger partial charge in [-0.1, -0.05) is 42.3 Å². The summed E-state index contributed by atoms with van der Waals surface area (Å²) in [6.07, 6.45) is 6.18. The summed E-state index contributed by atoms with van der Waals surface area (Å²) in [7, 11) is 0. The van der Waals surface area contributed by atoms with E-state index >= 15 is 0 Å². The molecule has 11 heteroatoms. The Hall–Kier alpha value is -3.98. The fraction of sp³-hybridized carbons (Fsp3) is 0.414. The number of ether oxygens (including phenoxy) is 1. The van der Waals surface area contributed by atoms with E-state index in [1.165, 1.54) is 6.07 Å². The molecule has 2 aliphatic rings. The number of carboxylic acid groups (broad SMARTS) is 3. The van der Waals surface area contributed by atoms with Gasteiger partial charge >= 0.3 is 17.9 Å². The molecule has 0 aromatic heterocycles. The van der Waals surface area contributed by atoms with Crippen LogP contribution in [0.25, 0.3) is 0 Å². The quantitative estimate of drug-likeness (QED) is 0.274. The van der Waals surface area contributed by atoms with E-state index in [0.717, 1.165) is 30.7 Å². The number of carboxylic acids is 3. The number of aliphatic carboxylic acids is 3. The first kappa shape index (κ1) is 30.6. The van der Waals surface area contributed by atoms with Crippen LogP contribution in [0.3, 0.4) is 0 Å². The molecule has 2 fully saturated rings. The molecule has 0 amide bonds. The molecule has 2 bridgehead atoms. The van der Waals surface area contributed by atoms with Crippen molar-refractivity contribution in [1.29, 1.82) is 0 Å². The number of halogens is 1. The zero-order valence-corrected chi connectivity index (χ0v) is 21.7. The van der Waals surface area contributed by atoms with E-state index in [-0.39, 0.29) is 24.5 Å². The van der Waals surface area contributed by atoms with Gasteiger partial charge in [-0.25, -0.2) is 9.18 Å². The number of hydrogen-bond donors (Lipinski definition) is 5. The van der Waals surface area contributed by atoms with Crippen LogP contribution in [0.15, 0.2) is 48.5 Å². The van der Waals surface area contributed by atoms with E-state index in [0.29, 0.717) is 18.4 Å². The number of fused-ring (bicyclic) bond motifs is 2. The van der Waals surface area contributed by atoms with E-state index in [1.807, 2.05) is 18.2 Å². The summed E-state index contributed by atoms with van der Waals surface area (Å²) >= 11 is 0. The molecule has 2 aromatic rings. The molecule has 0 aliphatic carbocycles. The number of terminal acetylenes is 1. The van der Waals surface area contributed by atoms with Crippen molar-refractivity contribution in [3.05, 3.63) is 65.5 Å². The van der Waals surface area contributed by atoms with Crippen LogP contribution in [0, 0.1) is 18.2 Å². The van der Waals surface area contributed by atoms with Gasteiger partial charge in [-0.15, -0.1) is 6.42 Å². The maximum absolute atomic E-state index is 14.3. The van der Waals surface area contributed by atoms with Gasteiger partial charge in [0.15, 0.2) is 5.60 Å². The molecule has 0 radical (unpaired) electrons. The lowest BCUT2D eigenvalue weighted by atomic mass is 9.80. The number of aliphatic hydroxyl groups is 2. The molecular formula is C29H32FNO9. The van der Waals surface area contributed by atoms with Crippen molar-refractivity contribution in [2.24, 2.45) is 0 Å². The number of para-hydroxylation sites is 1. The van der Waals surface area contributed by atoms with Crippen molar-refractivity contribution in [1.82, 2.24) is 4.90 Å². The smallest absolute Gasteiger partial charge is 0.336 e. The van der Waals surface area contributed by atoms with Crippen molar-refractivity contribution in [3.63, 3.8) is 0 Å². The van der Waals surface area contributed by atoms with Crippen LogP contribution in [-0.4, -0.2) is 72.6 Å². The van der Waals surface area contributed by atoms with E-state index in [4.69, 9.17) is 31.6 Å². The number of benzene rings is 2. The van der Waals surface area contributed by atoms with Crippen molar-refractivity contribution < 1.29 is 49.0 Å². The number of rotatable bonds is 10. The van der Waals surface area contributed by atoms with Gasteiger partial charge in [0.25, 0.3) is 0 Å². The van der Waals surface area contributed by atoms with Crippen molar-refractivity contribution in [3.8, 4) is 18.1 Å². The summed E-state index contributed by atoms with van der Waals surface area (Å²) < 4.78 is 20.0. The van der Waals surface area contributed by atoms with Gasteiger partial charge in [-0.3, -0.25) is 14.5 Å². The normalized spacial score (nSPS) is 21.9. The molecule has 2 aromatic carbocycles. The van der Waals surface area contributed by atoms with Gasteiger partial charge in [0.2, 0.25) is 0 Å². The third kappa shape index (κ3) is 7.35. The third-order valence-corrected chi connectivity index (χ3v) is 7.21. The van der Waals surface area contributed by atoms with E-state index in [1.54, 1.807) is 18.2 Å². The molecule has 5 N–H and O–H groups in total. The molecule has 2 aliphatic heterocycles. The Morgan fingerprint density at radius 1 is 1.00 bits per heavy atom. The van der Waals surface area contributed by atoms with E-state index < -0.39 is 42.0 Å². The minimum absolute atomic E-state index is 0.231. The number of piperidine rings is 1. The van der Waals surface area contributed by atoms with Crippen LogP contribution in [0.2, 0.25) is 0 Å². The average Bonchev–Trinajstić information content (AvgIpc) is 3.11. The van der Waals surface area contributed by atoms with Crippen molar-refractivity contribution in [2.45, 2.75) is 68.4 Å². The van der Waals surface area contributed by atoms with Gasteiger partial charge in [-0.05, 0) is 37.8 Å². The highest BCUT2D eigenvalue weighted by Gasteiger charge is 2.49. The van der Waals surface area contributed by atoms with E-state index in [2.05, 4.69) is 16.9 Å². The lowest BCUT2D eigenvalue weighted by molar-refractivity contribution is -0.170. The lowest BCUT2D eigenvalue weighted by Crippen LogP contribution is -2.49. The summed E-state index contributed by atoms with van der Waals surface area (Å²) in [6.45, 7) is 1.00. The van der Waals surface area contributed by atoms with Gasteiger partial charge in [-0.2, -0.15) is 0 Å². The summed E-state index contributed by atoms with van der Waals surface area (Å²) in [4.78, 5) is 32.9. The predicted octanol–water partition coefficient (Wildman–Crippen LogP) is 2.60. The molecule has 0 spiro atoms. The van der Waals surface area contributed by atoms with Crippen LogP contribution in [0.5, 0.6) is 5.75 Å². The molecular weight excluding hydrogens is 525 g/mol. The zero-order valence-electron chi connectivity index (χ0n) is 21.7. The Morgan fingerprint density at radius 3 is 2.08 bits per heavy atom. The maximum atomic E-state index is 14.3. The largest absolute Gasteiger partial charge is 0.481 e. The summed E-state index contributed by atoms with van der Waals surface area (Å²) in [5.41, 5.74) is -2.30. The van der Waals surface area contributed by atoms with Crippen LogP contribution >= 0.6 is 0 Å². The summed E-state index contributed by atoms with van der Waals surface area (Å²) in [5.74, 6) is -2.02. The molecule has 2 saturated heterocycles. The Labute approximate surface area is 230 Å². The van der Waals surface area contributed by atoms with Crippen LogP contribution < -0.4 is 4.74 Å². The van der Waals surface area contributed by atoms with Gasteiger partial charge < -0.3 is 30.3 Å². The zero-order chi connectivity index (χ0) is 29.5. The first-order chi connectivity index (χ1) is 18.9. The summed E-state index contributed by atoms with van der Waals surface area (Å²) in [5, 5.41) is 45.1. The molecule has 40 heavy (non-hydrogen) atoms. The maximum Gasteiger partial charge on any atom is 0.336 e. The molecule has 0 saturated carbocycles. The Balaban J connectivity index is 0.000000289. The fourth-order valence-electron chi connectivity index (χ4n) is 5.44. The monoisotopic (exact) mass is 557 g/mol. The van der Waals surface area contributed by atoms with Crippen molar-refractivity contribution in [2.75, 3.05) is 6.61 Å². The van der Waals surface area contributed by atoms with Gasteiger partial charge in [0.1, 0.15) is 18.2 Å². The fourth-order valence-corrected chi connectivity index (χ4v) is 5.44. The predicted molar refractivity (Wildman–Crippen MR) is 140 cm³/mol. The Bertz CT molecular complexity index is 1240. The Kier molecular flexibility index (Phi) is 9.87. The summed E-state index contributed by atoms with van der Waals surface area (Å²) in [6, 6.07) is 15.0. The molecule has 2 atom stereocenters. The second-order valence-corrected chi connectivity index (χ2v) is 10.1. The van der Waals surface area contributed by atoms with Gasteiger partial charge in [0, 0.05) is 29.8 Å². The SMILES string of the molecule is C#CCOc1ccccc1CN1C2CCC1CC(O)(c1ccccc1F)C2.O=C(O)CC(O)(CC(=O)O)C(=O)O. The molecule has 4 rings (SSSR count). The molecule has 2 unspecified atom stereocenters. The minimum Gasteiger partial charge on any atom is -0.481 e.